The number of ether oxygens (including phenoxy) is 2. The molecule has 0 aromatic heterocycles. The van der Waals surface area contributed by atoms with E-state index in [1.165, 1.54) is 12.1 Å². The van der Waals surface area contributed by atoms with Crippen molar-refractivity contribution < 1.29 is 19.1 Å². The fourth-order valence-electron chi connectivity index (χ4n) is 1.39. The fourth-order valence-corrected chi connectivity index (χ4v) is 1.52. The van der Waals surface area contributed by atoms with Crippen LogP contribution in [0.15, 0.2) is 24.3 Å². The van der Waals surface area contributed by atoms with Crippen LogP contribution in [-0.2, 0) is 9.53 Å². The lowest BCUT2D eigenvalue weighted by Crippen LogP contribution is -2.43. The Morgan fingerprint density at radius 3 is 1.90 bits per heavy atom. The van der Waals surface area contributed by atoms with Crippen LogP contribution in [0.3, 0.4) is 0 Å². The molecule has 0 unspecified atom stereocenters. The lowest BCUT2D eigenvalue weighted by atomic mass is 10.1. The fraction of sp³-hybridized carbons (Fsp3) is 0.467. The number of benzene rings is 1. The molecule has 110 valence electrons. The summed E-state index contributed by atoms with van der Waals surface area (Å²) in [6, 6.07) is 6.25. The molecule has 0 spiro atoms. The number of esters is 1. The van der Waals surface area contributed by atoms with Crippen LogP contribution in [-0.4, -0.2) is 22.4 Å². The summed E-state index contributed by atoms with van der Waals surface area (Å²) in [5, 5.41) is -0.539. The summed E-state index contributed by atoms with van der Waals surface area (Å²) in [6.45, 7) is 8.63. The van der Waals surface area contributed by atoms with E-state index in [1.807, 2.05) is 0 Å². The maximum absolute atomic E-state index is 12.0. The molecule has 1 aromatic rings. The Hall–Kier alpha value is -1.55. The highest BCUT2D eigenvalue weighted by Crippen LogP contribution is 2.22. The number of carbonyl (C=O) groups excluding carboxylic acids is 2. The summed E-state index contributed by atoms with van der Waals surface area (Å²) in [6.07, 6.45) is 0. The van der Waals surface area contributed by atoms with Gasteiger partial charge in [-0.2, -0.15) is 0 Å². The molecule has 0 saturated carbocycles. The second kappa shape index (κ2) is 5.83. The van der Waals surface area contributed by atoms with Crippen LogP contribution < -0.4 is 4.74 Å². The first-order valence-corrected chi connectivity index (χ1v) is 6.61. The molecule has 5 heteroatoms. The third-order valence-corrected chi connectivity index (χ3v) is 2.56. The zero-order valence-corrected chi connectivity index (χ0v) is 13.1. The number of hydrogen-bond donors (Lipinski definition) is 0. The van der Waals surface area contributed by atoms with Gasteiger partial charge < -0.3 is 9.47 Å². The molecule has 1 aromatic carbocycles. The van der Waals surface area contributed by atoms with E-state index in [-0.39, 0.29) is 0 Å². The van der Waals surface area contributed by atoms with Crippen molar-refractivity contribution in [3.05, 3.63) is 29.8 Å². The summed E-state index contributed by atoms with van der Waals surface area (Å²) in [5.74, 6) is 0.00465. The minimum Gasteiger partial charge on any atom is -0.476 e. The predicted molar refractivity (Wildman–Crippen MR) is 77.2 cm³/mol. The monoisotopic (exact) mass is 298 g/mol. The topological polar surface area (TPSA) is 52.6 Å². The second-order valence-electron chi connectivity index (χ2n) is 5.91. The third kappa shape index (κ3) is 4.85. The Labute approximate surface area is 124 Å². The molecule has 0 N–H and O–H groups in total. The van der Waals surface area contributed by atoms with Crippen LogP contribution >= 0.6 is 11.6 Å². The zero-order valence-electron chi connectivity index (χ0n) is 12.3. The van der Waals surface area contributed by atoms with E-state index in [2.05, 4.69) is 0 Å². The first-order chi connectivity index (χ1) is 9.01. The highest BCUT2D eigenvalue weighted by atomic mass is 35.5. The van der Waals surface area contributed by atoms with Gasteiger partial charge in [-0.05, 0) is 70.5 Å². The molecule has 0 saturated heterocycles. The third-order valence-electron chi connectivity index (χ3n) is 2.34. The van der Waals surface area contributed by atoms with Gasteiger partial charge >= 0.3 is 5.97 Å². The van der Waals surface area contributed by atoms with E-state index in [4.69, 9.17) is 21.1 Å². The molecule has 0 heterocycles. The Balaban J connectivity index is 2.80. The number of halogens is 1. The van der Waals surface area contributed by atoms with Crippen molar-refractivity contribution in [2.75, 3.05) is 0 Å². The Bertz CT molecular complexity index is 498. The first kappa shape index (κ1) is 16.5. The maximum atomic E-state index is 12.0. The minimum atomic E-state index is -1.13. The lowest BCUT2D eigenvalue weighted by Gasteiger charge is -2.29. The quantitative estimate of drug-likeness (QED) is 0.630. The van der Waals surface area contributed by atoms with Gasteiger partial charge in [-0.3, -0.25) is 4.79 Å². The van der Waals surface area contributed by atoms with Crippen molar-refractivity contribution in [3.63, 3.8) is 0 Å². The average molecular weight is 299 g/mol. The molecule has 0 atom stereocenters. The van der Waals surface area contributed by atoms with Gasteiger partial charge in [0.1, 0.15) is 11.4 Å². The van der Waals surface area contributed by atoms with Gasteiger partial charge in [-0.1, -0.05) is 0 Å². The molecule has 1 rings (SSSR count). The Kier molecular flexibility index (Phi) is 4.81. The van der Waals surface area contributed by atoms with Gasteiger partial charge in [0.05, 0.1) is 0 Å². The van der Waals surface area contributed by atoms with Crippen LogP contribution in [0.2, 0.25) is 0 Å². The van der Waals surface area contributed by atoms with E-state index in [0.29, 0.717) is 11.3 Å². The molecule has 0 aliphatic heterocycles. The van der Waals surface area contributed by atoms with Gasteiger partial charge in [0.2, 0.25) is 0 Å². The molecular formula is C15H19ClO4. The highest BCUT2D eigenvalue weighted by molar-refractivity contribution is 6.67. The number of rotatable bonds is 4. The molecular weight excluding hydrogens is 280 g/mol. The minimum absolute atomic E-state index is 0.370. The smallest absolute Gasteiger partial charge is 0.350 e. The van der Waals surface area contributed by atoms with Crippen LogP contribution in [0, 0.1) is 0 Å². The molecule has 20 heavy (non-hydrogen) atoms. The van der Waals surface area contributed by atoms with E-state index >= 15 is 0 Å². The van der Waals surface area contributed by atoms with Gasteiger partial charge in [0, 0.05) is 5.56 Å². The molecule has 0 fully saturated rings. The van der Waals surface area contributed by atoms with E-state index in [9.17, 15) is 9.59 Å². The predicted octanol–water partition coefficient (Wildman–Crippen LogP) is 3.56. The van der Waals surface area contributed by atoms with Crippen LogP contribution in [0.1, 0.15) is 45.0 Å². The van der Waals surface area contributed by atoms with E-state index < -0.39 is 22.4 Å². The van der Waals surface area contributed by atoms with E-state index in [1.54, 1.807) is 46.8 Å². The highest BCUT2D eigenvalue weighted by Gasteiger charge is 2.34. The van der Waals surface area contributed by atoms with Crippen LogP contribution in [0.4, 0.5) is 0 Å². The van der Waals surface area contributed by atoms with Crippen molar-refractivity contribution in [1.82, 2.24) is 0 Å². The normalized spacial score (nSPS) is 11.9. The first-order valence-electron chi connectivity index (χ1n) is 6.24. The van der Waals surface area contributed by atoms with Gasteiger partial charge in [0.25, 0.3) is 5.24 Å². The summed E-state index contributed by atoms with van der Waals surface area (Å²) in [5.41, 5.74) is -1.33. The van der Waals surface area contributed by atoms with Crippen molar-refractivity contribution in [2.45, 2.75) is 45.8 Å². The average Bonchev–Trinajstić information content (AvgIpc) is 2.26. The number of hydrogen-bond acceptors (Lipinski definition) is 4. The lowest BCUT2D eigenvalue weighted by molar-refractivity contribution is -0.170. The standard InChI is InChI=1S/C15H19ClO4/c1-14(2,3)20-13(18)15(4,5)19-11-8-6-10(7-9-11)12(16)17/h6-9H,1-5H3. The Morgan fingerprint density at radius 2 is 1.50 bits per heavy atom. The van der Waals surface area contributed by atoms with Gasteiger partial charge in [0.15, 0.2) is 5.60 Å². The Morgan fingerprint density at radius 1 is 1.00 bits per heavy atom. The van der Waals surface area contributed by atoms with Crippen molar-refractivity contribution in [1.29, 1.82) is 0 Å². The van der Waals surface area contributed by atoms with Crippen molar-refractivity contribution >= 4 is 22.8 Å². The summed E-state index contributed by atoms with van der Waals surface area (Å²) >= 11 is 5.36. The SMILES string of the molecule is CC(C)(C)OC(=O)C(C)(C)Oc1ccc(C(=O)Cl)cc1. The van der Waals surface area contributed by atoms with Gasteiger partial charge in [-0.25, -0.2) is 4.79 Å². The number of carbonyl (C=O) groups is 2. The zero-order chi connectivity index (χ0) is 15.6. The van der Waals surface area contributed by atoms with Crippen molar-refractivity contribution in [2.24, 2.45) is 0 Å². The molecule has 0 amide bonds. The summed E-state index contributed by atoms with van der Waals surface area (Å²) < 4.78 is 10.9. The summed E-state index contributed by atoms with van der Waals surface area (Å²) in [4.78, 5) is 23.0. The van der Waals surface area contributed by atoms with Crippen molar-refractivity contribution in [3.8, 4) is 5.75 Å². The second-order valence-corrected chi connectivity index (χ2v) is 6.26. The van der Waals surface area contributed by atoms with Crippen LogP contribution in [0.25, 0.3) is 0 Å². The molecule has 0 aliphatic carbocycles. The molecule has 4 nitrogen and oxygen atoms in total. The summed E-state index contributed by atoms with van der Waals surface area (Å²) in [7, 11) is 0. The largest absolute Gasteiger partial charge is 0.476 e. The molecule has 0 radical (unpaired) electrons. The van der Waals surface area contributed by atoms with E-state index in [0.717, 1.165) is 0 Å². The molecule has 0 bridgehead atoms. The molecule has 0 aliphatic rings. The van der Waals surface area contributed by atoms with Gasteiger partial charge in [-0.15, -0.1) is 0 Å². The van der Waals surface area contributed by atoms with Crippen LogP contribution in [0.5, 0.6) is 5.75 Å². The maximum Gasteiger partial charge on any atom is 0.350 e.